The fraction of sp³-hybridized carbons (Fsp3) is 0.600. The number of hydrogen-bond acceptors (Lipinski definition) is 5. The predicted octanol–water partition coefficient (Wildman–Crippen LogP) is 2.70. The molecule has 0 bridgehead atoms. The number of aliphatic hydroxyl groups excluding tert-OH is 1. The standard InChI is InChI=1S/C15H22N2O4/c1-21-10-12-8-13(17(19)20)6-7-14(12)16-9-11-4-2-3-5-15(11)18/h6-8,11,15-16,18H,2-5,9-10H2,1H3/t11-,15-/m0/s1. The van der Waals surface area contributed by atoms with Crippen LogP contribution in [0, 0.1) is 16.0 Å². The molecule has 2 atom stereocenters. The molecule has 1 saturated carbocycles. The van der Waals surface area contributed by atoms with Gasteiger partial charge >= 0.3 is 0 Å². The molecule has 6 heteroatoms. The quantitative estimate of drug-likeness (QED) is 0.622. The van der Waals surface area contributed by atoms with E-state index in [0.717, 1.165) is 36.9 Å². The van der Waals surface area contributed by atoms with E-state index in [2.05, 4.69) is 5.32 Å². The van der Waals surface area contributed by atoms with Crippen molar-refractivity contribution in [3.05, 3.63) is 33.9 Å². The fourth-order valence-corrected chi connectivity index (χ4v) is 2.81. The number of hydrogen-bond donors (Lipinski definition) is 2. The van der Waals surface area contributed by atoms with Gasteiger partial charge in [-0.15, -0.1) is 0 Å². The highest BCUT2D eigenvalue weighted by Crippen LogP contribution is 2.27. The van der Waals surface area contributed by atoms with E-state index in [4.69, 9.17) is 4.74 Å². The average Bonchev–Trinajstić information content (AvgIpc) is 2.47. The van der Waals surface area contributed by atoms with Gasteiger partial charge in [-0.25, -0.2) is 0 Å². The Bertz CT molecular complexity index is 493. The molecule has 2 rings (SSSR count). The normalized spacial score (nSPS) is 22.0. The molecule has 0 saturated heterocycles. The summed E-state index contributed by atoms with van der Waals surface area (Å²) in [6.07, 6.45) is 3.85. The Hall–Kier alpha value is -1.66. The van der Waals surface area contributed by atoms with Crippen LogP contribution in [-0.4, -0.2) is 29.8 Å². The topological polar surface area (TPSA) is 84.6 Å². The van der Waals surface area contributed by atoms with Gasteiger partial charge in [0.2, 0.25) is 0 Å². The van der Waals surface area contributed by atoms with Crippen molar-refractivity contribution in [3.63, 3.8) is 0 Å². The van der Waals surface area contributed by atoms with Crippen LogP contribution in [0.4, 0.5) is 11.4 Å². The van der Waals surface area contributed by atoms with Crippen LogP contribution in [0.3, 0.4) is 0 Å². The summed E-state index contributed by atoms with van der Waals surface area (Å²) in [5.74, 6) is 0.240. The molecular formula is C15H22N2O4. The zero-order valence-electron chi connectivity index (χ0n) is 12.2. The number of nitrogens with one attached hydrogen (secondary N) is 1. The van der Waals surface area contributed by atoms with E-state index >= 15 is 0 Å². The van der Waals surface area contributed by atoms with Gasteiger partial charge in [-0.05, 0) is 18.9 Å². The van der Waals surface area contributed by atoms with Crippen molar-refractivity contribution in [3.8, 4) is 0 Å². The van der Waals surface area contributed by atoms with Crippen LogP contribution in [0.5, 0.6) is 0 Å². The third kappa shape index (κ3) is 4.15. The maximum absolute atomic E-state index is 10.8. The maximum Gasteiger partial charge on any atom is 0.269 e. The first kappa shape index (κ1) is 15.7. The van der Waals surface area contributed by atoms with Crippen molar-refractivity contribution in [1.29, 1.82) is 0 Å². The number of benzene rings is 1. The molecule has 0 radical (unpaired) electrons. The van der Waals surface area contributed by atoms with Gasteiger partial charge in [0.1, 0.15) is 0 Å². The van der Waals surface area contributed by atoms with Gasteiger partial charge in [0, 0.05) is 43.0 Å². The molecule has 0 aromatic heterocycles. The molecule has 1 aliphatic carbocycles. The first-order valence-electron chi connectivity index (χ1n) is 7.30. The molecule has 0 amide bonds. The van der Waals surface area contributed by atoms with Crippen molar-refractivity contribution >= 4 is 11.4 Å². The van der Waals surface area contributed by atoms with Crippen molar-refractivity contribution in [1.82, 2.24) is 0 Å². The van der Waals surface area contributed by atoms with Crippen molar-refractivity contribution in [2.75, 3.05) is 19.0 Å². The lowest BCUT2D eigenvalue weighted by molar-refractivity contribution is -0.384. The van der Waals surface area contributed by atoms with Crippen LogP contribution in [-0.2, 0) is 11.3 Å². The van der Waals surface area contributed by atoms with Gasteiger partial charge in [-0.1, -0.05) is 12.8 Å². The molecule has 1 aromatic rings. The zero-order valence-corrected chi connectivity index (χ0v) is 12.2. The molecule has 1 aliphatic rings. The minimum Gasteiger partial charge on any atom is -0.393 e. The van der Waals surface area contributed by atoms with E-state index in [1.165, 1.54) is 12.1 Å². The van der Waals surface area contributed by atoms with Crippen molar-refractivity contribution in [2.45, 2.75) is 38.4 Å². The lowest BCUT2D eigenvalue weighted by Crippen LogP contribution is -2.30. The first-order valence-corrected chi connectivity index (χ1v) is 7.30. The number of nitro groups is 1. The Morgan fingerprint density at radius 3 is 2.86 bits per heavy atom. The zero-order chi connectivity index (χ0) is 15.2. The number of rotatable bonds is 6. The Morgan fingerprint density at radius 1 is 1.43 bits per heavy atom. The van der Waals surface area contributed by atoms with Crippen LogP contribution >= 0.6 is 0 Å². The van der Waals surface area contributed by atoms with Crippen LogP contribution in [0.2, 0.25) is 0 Å². The van der Waals surface area contributed by atoms with E-state index in [1.807, 2.05) is 0 Å². The smallest absolute Gasteiger partial charge is 0.269 e. The summed E-state index contributed by atoms with van der Waals surface area (Å²) in [7, 11) is 1.56. The van der Waals surface area contributed by atoms with Crippen LogP contribution in [0.15, 0.2) is 18.2 Å². The molecule has 1 aromatic carbocycles. The highest BCUT2D eigenvalue weighted by atomic mass is 16.6. The largest absolute Gasteiger partial charge is 0.393 e. The minimum absolute atomic E-state index is 0.0605. The van der Waals surface area contributed by atoms with Gasteiger partial charge in [0.05, 0.1) is 17.6 Å². The Kier molecular flexibility index (Phi) is 5.52. The second-order valence-electron chi connectivity index (χ2n) is 5.52. The summed E-state index contributed by atoms with van der Waals surface area (Å²) in [6.45, 7) is 0.993. The average molecular weight is 294 g/mol. The Labute approximate surface area is 124 Å². The minimum atomic E-state index is -0.409. The van der Waals surface area contributed by atoms with E-state index in [0.29, 0.717) is 13.2 Å². The van der Waals surface area contributed by atoms with Crippen LogP contribution in [0.25, 0.3) is 0 Å². The predicted molar refractivity (Wildman–Crippen MR) is 80.3 cm³/mol. The summed E-state index contributed by atoms with van der Waals surface area (Å²) in [4.78, 5) is 10.4. The van der Waals surface area contributed by atoms with E-state index in [-0.39, 0.29) is 17.7 Å². The molecule has 0 unspecified atom stereocenters. The number of anilines is 1. The third-order valence-electron chi connectivity index (χ3n) is 4.02. The molecule has 2 N–H and O–H groups in total. The molecule has 0 aliphatic heterocycles. The second-order valence-corrected chi connectivity index (χ2v) is 5.52. The van der Waals surface area contributed by atoms with Crippen molar-refractivity contribution in [2.24, 2.45) is 5.92 Å². The summed E-state index contributed by atoms with van der Waals surface area (Å²) in [5.41, 5.74) is 1.66. The first-order chi connectivity index (χ1) is 10.1. The number of aliphatic hydroxyl groups is 1. The SMILES string of the molecule is COCc1cc([N+](=O)[O-])ccc1NC[C@@H]1CCCC[C@@H]1O. The highest BCUT2D eigenvalue weighted by molar-refractivity contribution is 5.55. The number of nitrogens with zero attached hydrogens (tertiary/aromatic N) is 1. The van der Waals surface area contributed by atoms with E-state index < -0.39 is 4.92 Å². The van der Waals surface area contributed by atoms with Crippen LogP contribution < -0.4 is 5.32 Å². The fourth-order valence-electron chi connectivity index (χ4n) is 2.81. The van der Waals surface area contributed by atoms with Crippen molar-refractivity contribution < 1.29 is 14.8 Å². The third-order valence-corrected chi connectivity index (χ3v) is 4.02. The van der Waals surface area contributed by atoms with Gasteiger partial charge in [0.25, 0.3) is 5.69 Å². The molecule has 0 heterocycles. The van der Waals surface area contributed by atoms with E-state index in [1.54, 1.807) is 13.2 Å². The number of nitro benzene ring substituents is 1. The van der Waals surface area contributed by atoms with Gasteiger partial charge < -0.3 is 15.2 Å². The summed E-state index contributed by atoms with van der Waals surface area (Å²) < 4.78 is 5.10. The number of ether oxygens (including phenoxy) is 1. The summed E-state index contributed by atoms with van der Waals surface area (Å²) in [5, 5.41) is 24.1. The monoisotopic (exact) mass is 294 g/mol. The van der Waals surface area contributed by atoms with E-state index in [9.17, 15) is 15.2 Å². The number of non-ortho nitro benzene ring substituents is 1. The highest BCUT2D eigenvalue weighted by Gasteiger charge is 2.23. The van der Waals surface area contributed by atoms with Gasteiger partial charge in [-0.2, -0.15) is 0 Å². The molecule has 0 spiro atoms. The molecular weight excluding hydrogens is 272 g/mol. The van der Waals surface area contributed by atoms with Gasteiger partial charge in [-0.3, -0.25) is 10.1 Å². The number of methoxy groups -OCH3 is 1. The molecule has 6 nitrogen and oxygen atoms in total. The summed E-state index contributed by atoms with van der Waals surface area (Å²) in [6, 6.07) is 4.73. The second kappa shape index (κ2) is 7.38. The van der Waals surface area contributed by atoms with Crippen LogP contribution in [0.1, 0.15) is 31.2 Å². The maximum atomic E-state index is 10.8. The molecule has 116 valence electrons. The Morgan fingerprint density at radius 2 is 2.19 bits per heavy atom. The Balaban J connectivity index is 2.05. The molecule has 21 heavy (non-hydrogen) atoms. The van der Waals surface area contributed by atoms with Gasteiger partial charge in [0.15, 0.2) is 0 Å². The molecule has 1 fully saturated rings. The lowest BCUT2D eigenvalue weighted by Gasteiger charge is -2.28. The summed E-state index contributed by atoms with van der Waals surface area (Å²) >= 11 is 0. The lowest BCUT2D eigenvalue weighted by atomic mass is 9.86.